The molecule has 3 N–H and O–H groups in total. The van der Waals surface area contributed by atoms with Crippen LogP contribution in [0.5, 0.6) is 5.75 Å². The van der Waals surface area contributed by atoms with Gasteiger partial charge in [-0.15, -0.1) is 0 Å². The quantitative estimate of drug-likeness (QED) is 0.593. The summed E-state index contributed by atoms with van der Waals surface area (Å²) in [7, 11) is 1.85. The van der Waals surface area contributed by atoms with E-state index in [2.05, 4.69) is 15.6 Å². The number of benzene rings is 2. The number of carbonyl (C=O) groups is 2. The number of rotatable bonds is 6. The molecule has 0 aliphatic rings. The highest BCUT2D eigenvalue weighted by atomic mass is 19.1. The van der Waals surface area contributed by atoms with E-state index < -0.39 is 23.4 Å². The lowest BCUT2D eigenvalue weighted by Crippen LogP contribution is -2.26. The number of aryl methyl sites for hydroxylation is 1. The molecule has 0 bridgehead atoms. The van der Waals surface area contributed by atoms with E-state index in [1.54, 1.807) is 12.4 Å². The Morgan fingerprint density at radius 1 is 1.10 bits per heavy atom. The van der Waals surface area contributed by atoms with Crippen LogP contribution in [0.25, 0.3) is 0 Å². The maximum Gasteiger partial charge on any atom is 0.255 e. The van der Waals surface area contributed by atoms with Crippen LogP contribution in [0.15, 0.2) is 48.8 Å². The fraction of sp³-hybridized carbons (Fsp3) is 0.150. The fourth-order valence-electron chi connectivity index (χ4n) is 2.71. The molecule has 0 aliphatic carbocycles. The lowest BCUT2D eigenvalue weighted by molar-refractivity contribution is 0.0950. The van der Waals surface area contributed by atoms with Crippen LogP contribution in [0, 0.1) is 11.6 Å². The summed E-state index contributed by atoms with van der Waals surface area (Å²) in [6.07, 6.45) is 3.98. The molecule has 0 unspecified atom stereocenters. The topological polar surface area (TPSA) is 96.3 Å². The summed E-state index contributed by atoms with van der Waals surface area (Å²) >= 11 is 0. The van der Waals surface area contributed by atoms with Crippen molar-refractivity contribution in [1.29, 1.82) is 0 Å². The second-order valence-electron chi connectivity index (χ2n) is 6.30. The van der Waals surface area contributed by atoms with Gasteiger partial charge < -0.3 is 20.3 Å². The molecular weight excluding hydrogens is 382 g/mol. The summed E-state index contributed by atoms with van der Waals surface area (Å²) in [4.78, 5) is 28.5. The molecule has 0 fully saturated rings. The molecule has 0 saturated carbocycles. The maximum atomic E-state index is 13.2. The highest BCUT2D eigenvalue weighted by Crippen LogP contribution is 2.22. The van der Waals surface area contributed by atoms with Crippen molar-refractivity contribution in [2.45, 2.75) is 6.42 Å². The van der Waals surface area contributed by atoms with E-state index in [0.29, 0.717) is 19.0 Å². The molecule has 2 aromatic carbocycles. The number of halogens is 2. The van der Waals surface area contributed by atoms with Crippen molar-refractivity contribution in [2.24, 2.45) is 7.05 Å². The first kappa shape index (κ1) is 20.0. The van der Waals surface area contributed by atoms with Gasteiger partial charge in [0.05, 0.1) is 5.56 Å². The molecule has 0 aliphatic heterocycles. The van der Waals surface area contributed by atoms with Gasteiger partial charge in [0.2, 0.25) is 0 Å². The smallest absolute Gasteiger partial charge is 0.255 e. The van der Waals surface area contributed by atoms with Gasteiger partial charge in [-0.05, 0) is 24.3 Å². The molecule has 150 valence electrons. The zero-order valence-corrected chi connectivity index (χ0v) is 15.4. The largest absolute Gasteiger partial charge is 0.507 e. The highest BCUT2D eigenvalue weighted by Gasteiger charge is 2.14. The number of phenols is 1. The SMILES string of the molecule is Cn1ccnc1CCNC(=O)c1ccc(NC(=O)c2cc(F)cc(F)c2)cc1O. The Kier molecular flexibility index (Phi) is 5.87. The normalized spacial score (nSPS) is 10.6. The number of anilines is 1. The number of phenolic OH excluding ortho intramolecular Hbond substituents is 1. The summed E-state index contributed by atoms with van der Waals surface area (Å²) in [5.74, 6) is -2.54. The minimum Gasteiger partial charge on any atom is -0.507 e. The van der Waals surface area contributed by atoms with E-state index in [1.807, 2.05) is 11.6 Å². The van der Waals surface area contributed by atoms with Crippen LogP contribution in [-0.2, 0) is 13.5 Å². The van der Waals surface area contributed by atoms with Crippen molar-refractivity contribution < 1.29 is 23.5 Å². The van der Waals surface area contributed by atoms with Crippen LogP contribution in [0.1, 0.15) is 26.5 Å². The van der Waals surface area contributed by atoms with Gasteiger partial charge in [-0.25, -0.2) is 13.8 Å². The van der Waals surface area contributed by atoms with Gasteiger partial charge in [-0.1, -0.05) is 0 Å². The molecule has 2 amide bonds. The van der Waals surface area contributed by atoms with Gasteiger partial charge in [0, 0.05) is 55.8 Å². The van der Waals surface area contributed by atoms with Gasteiger partial charge in [0.1, 0.15) is 23.2 Å². The van der Waals surface area contributed by atoms with Crippen LogP contribution < -0.4 is 10.6 Å². The predicted octanol–water partition coefficient (Wildman–Crippen LogP) is 2.63. The predicted molar refractivity (Wildman–Crippen MR) is 102 cm³/mol. The number of hydrogen-bond donors (Lipinski definition) is 3. The standard InChI is InChI=1S/C20H18F2N4O3/c1-26-7-6-23-18(26)4-5-24-20(29)16-3-2-15(11-17(16)27)25-19(28)12-8-13(21)10-14(22)9-12/h2-3,6-11,27H,4-5H2,1H3,(H,24,29)(H,25,28). The van der Waals surface area contributed by atoms with Crippen LogP contribution in [0.3, 0.4) is 0 Å². The van der Waals surface area contributed by atoms with E-state index in [1.165, 1.54) is 18.2 Å². The van der Waals surface area contributed by atoms with Crippen molar-refractivity contribution >= 4 is 17.5 Å². The molecular formula is C20H18F2N4O3. The molecule has 7 nitrogen and oxygen atoms in total. The number of nitrogens with one attached hydrogen (secondary N) is 2. The first-order valence-electron chi connectivity index (χ1n) is 8.68. The molecule has 0 radical (unpaired) electrons. The van der Waals surface area contributed by atoms with E-state index in [0.717, 1.165) is 18.0 Å². The van der Waals surface area contributed by atoms with Crippen LogP contribution in [0.4, 0.5) is 14.5 Å². The number of aromatic nitrogens is 2. The third kappa shape index (κ3) is 4.95. The van der Waals surface area contributed by atoms with E-state index >= 15 is 0 Å². The number of imidazole rings is 1. The summed E-state index contributed by atoms with van der Waals surface area (Å²) in [5.41, 5.74) is -0.0144. The number of aromatic hydroxyl groups is 1. The number of nitrogens with zero attached hydrogens (tertiary/aromatic N) is 2. The van der Waals surface area contributed by atoms with Crippen LogP contribution in [0.2, 0.25) is 0 Å². The Balaban J connectivity index is 1.62. The molecule has 1 aromatic heterocycles. The zero-order valence-electron chi connectivity index (χ0n) is 15.4. The Bertz CT molecular complexity index is 1050. The summed E-state index contributed by atoms with van der Waals surface area (Å²) in [5, 5.41) is 15.2. The van der Waals surface area contributed by atoms with Crippen molar-refractivity contribution in [2.75, 3.05) is 11.9 Å². The van der Waals surface area contributed by atoms with E-state index in [9.17, 15) is 23.5 Å². The minimum atomic E-state index is -0.879. The highest BCUT2D eigenvalue weighted by molar-refractivity contribution is 6.05. The van der Waals surface area contributed by atoms with Gasteiger partial charge in [0.25, 0.3) is 11.8 Å². The van der Waals surface area contributed by atoms with Gasteiger partial charge in [-0.3, -0.25) is 9.59 Å². The maximum absolute atomic E-state index is 13.2. The molecule has 29 heavy (non-hydrogen) atoms. The molecule has 0 saturated heterocycles. The first-order valence-corrected chi connectivity index (χ1v) is 8.68. The lowest BCUT2D eigenvalue weighted by atomic mass is 10.1. The van der Waals surface area contributed by atoms with Gasteiger partial charge in [-0.2, -0.15) is 0 Å². The summed E-state index contributed by atoms with van der Waals surface area (Å²) in [6.45, 7) is 0.326. The third-order valence-electron chi connectivity index (χ3n) is 4.18. The average Bonchev–Trinajstić information content (AvgIpc) is 3.06. The zero-order chi connectivity index (χ0) is 21.0. The average molecular weight is 400 g/mol. The number of hydrogen-bond acceptors (Lipinski definition) is 4. The number of carbonyl (C=O) groups excluding carboxylic acids is 2. The molecule has 0 atom stereocenters. The van der Waals surface area contributed by atoms with Crippen LogP contribution in [-0.4, -0.2) is 33.0 Å². The lowest BCUT2D eigenvalue weighted by Gasteiger charge is -2.10. The number of amides is 2. The molecule has 3 rings (SSSR count). The van der Waals surface area contributed by atoms with E-state index in [4.69, 9.17) is 0 Å². The molecule has 1 heterocycles. The monoisotopic (exact) mass is 400 g/mol. The first-order chi connectivity index (χ1) is 13.8. The molecule has 0 spiro atoms. The van der Waals surface area contributed by atoms with Crippen LogP contribution >= 0.6 is 0 Å². The Morgan fingerprint density at radius 2 is 1.83 bits per heavy atom. The molecule has 9 heteroatoms. The second kappa shape index (κ2) is 8.51. The molecule has 3 aromatic rings. The Labute approximate surface area is 165 Å². The third-order valence-corrected chi connectivity index (χ3v) is 4.18. The van der Waals surface area contributed by atoms with Crippen molar-refractivity contribution in [1.82, 2.24) is 14.9 Å². The van der Waals surface area contributed by atoms with E-state index in [-0.39, 0.29) is 22.6 Å². The summed E-state index contributed by atoms with van der Waals surface area (Å²) in [6, 6.07) is 6.36. The Morgan fingerprint density at radius 3 is 2.45 bits per heavy atom. The van der Waals surface area contributed by atoms with Crippen molar-refractivity contribution in [3.05, 3.63) is 77.4 Å². The minimum absolute atomic E-state index is 0.0274. The van der Waals surface area contributed by atoms with Gasteiger partial charge in [0.15, 0.2) is 0 Å². The summed E-state index contributed by atoms with van der Waals surface area (Å²) < 4.78 is 28.3. The fourth-order valence-corrected chi connectivity index (χ4v) is 2.71. The van der Waals surface area contributed by atoms with Crippen molar-refractivity contribution in [3.63, 3.8) is 0 Å². The van der Waals surface area contributed by atoms with Crippen molar-refractivity contribution in [3.8, 4) is 5.75 Å². The second-order valence-corrected chi connectivity index (χ2v) is 6.30. The van der Waals surface area contributed by atoms with Gasteiger partial charge >= 0.3 is 0 Å². The Hall–Kier alpha value is -3.75.